The highest BCUT2D eigenvalue weighted by molar-refractivity contribution is 5.96. The van der Waals surface area contributed by atoms with Gasteiger partial charge in [-0.3, -0.25) is 19.1 Å². The second-order valence-corrected chi connectivity index (χ2v) is 5.97. The summed E-state index contributed by atoms with van der Waals surface area (Å²) in [7, 11) is 1.69. The third kappa shape index (κ3) is 3.20. The Hall–Kier alpha value is -2.38. The lowest BCUT2D eigenvalue weighted by atomic mass is 10.2. The van der Waals surface area contributed by atoms with E-state index in [1.807, 2.05) is 0 Å². The molecule has 124 valence electrons. The van der Waals surface area contributed by atoms with Crippen LogP contribution in [0.15, 0.2) is 12.3 Å². The number of aromatic nitrogens is 2. The van der Waals surface area contributed by atoms with E-state index in [1.165, 1.54) is 9.58 Å². The first-order valence-electron chi connectivity index (χ1n) is 7.89. The molecule has 23 heavy (non-hydrogen) atoms. The van der Waals surface area contributed by atoms with E-state index in [2.05, 4.69) is 5.10 Å². The van der Waals surface area contributed by atoms with Gasteiger partial charge in [-0.25, -0.2) is 0 Å². The Bertz CT molecular complexity index is 620. The zero-order valence-corrected chi connectivity index (χ0v) is 13.3. The number of hydrogen-bond donors (Lipinski definition) is 0. The molecule has 0 saturated carbocycles. The maximum absolute atomic E-state index is 12.4. The molecule has 3 amide bonds. The SMILES string of the molecule is Cn1nccc1C(=O)N1CCN(CC(=O)N2CCCC2)C(=O)C1. The summed E-state index contributed by atoms with van der Waals surface area (Å²) in [6, 6.07) is 1.64. The third-order valence-corrected chi connectivity index (χ3v) is 4.43. The summed E-state index contributed by atoms with van der Waals surface area (Å²) in [6.45, 7) is 2.52. The van der Waals surface area contributed by atoms with Crippen LogP contribution in [0.25, 0.3) is 0 Å². The van der Waals surface area contributed by atoms with Crippen molar-refractivity contribution in [1.82, 2.24) is 24.5 Å². The second-order valence-electron chi connectivity index (χ2n) is 5.97. The van der Waals surface area contributed by atoms with Crippen LogP contribution in [0.2, 0.25) is 0 Å². The minimum absolute atomic E-state index is 0.00209. The molecule has 8 nitrogen and oxygen atoms in total. The molecule has 0 unspecified atom stereocenters. The largest absolute Gasteiger partial charge is 0.341 e. The highest BCUT2D eigenvalue weighted by Crippen LogP contribution is 2.11. The zero-order chi connectivity index (χ0) is 16.4. The Morgan fingerprint density at radius 2 is 1.87 bits per heavy atom. The van der Waals surface area contributed by atoms with Gasteiger partial charge in [0.1, 0.15) is 12.2 Å². The van der Waals surface area contributed by atoms with Crippen LogP contribution in [0.3, 0.4) is 0 Å². The van der Waals surface area contributed by atoms with Gasteiger partial charge in [0, 0.05) is 39.4 Å². The molecule has 0 spiro atoms. The van der Waals surface area contributed by atoms with Crippen LogP contribution in [0.4, 0.5) is 0 Å². The lowest BCUT2D eigenvalue weighted by Crippen LogP contribution is -2.54. The molecule has 0 bridgehead atoms. The van der Waals surface area contributed by atoms with E-state index in [0.717, 1.165) is 25.9 Å². The third-order valence-electron chi connectivity index (χ3n) is 4.43. The smallest absolute Gasteiger partial charge is 0.272 e. The fourth-order valence-corrected chi connectivity index (χ4v) is 3.02. The highest BCUT2D eigenvalue weighted by Gasteiger charge is 2.31. The summed E-state index contributed by atoms with van der Waals surface area (Å²) < 4.78 is 1.50. The Morgan fingerprint density at radius 1 is 1.13 bits per heavy atom. The van der Waals surface area contributed by atoms with Crippen molar-refractivity contribution >= 4 is 17.7 Å². The molecule has 0 radical (unpaired) electrons. The predicted octanol–water partition coefficient (Wildman–Crippen LogP) is -0.673. The summed E-state index contributed by atoms with van der Waals surface area (Å²) in [5.74, 6) is -0.384. The predicted molar refractivity (Wildman–Crippen MR) is 81.5 cm³/mol. The molecule has 2 aliphatic heterocycles. The standard InChI is InChI=1S/C15H21N5O3/c1-17-12(4-5-16-17)15(23)20-9-8-19(14(22)11-20)10-13(21)18-6-2-3-7-18/h4-5H,2-3,6-11H2,1H3. The van der Waals surface area contributed by atoms with Gasteiger partial charge >= 0.3 is 0 Å². The Kier molecular flexibility index (Phi) is 4.31. The number of hydrogen-bond acceptors (Lipinski definition) is 4. The van der Waals surface area contributed by atoms with Crippen molar-refractivity contribution in [2.45, 2.75) is 12.8 Å². The molecule has 1 aromatic heterocycles. The molecule has 3 rings (SSSR count). The fraction of sp³-hybridized carbons (Fsp3) is 0.600. The number of aryl methyl sites for hydroxylation is 1. The monoisotopic (exact) mass is 319 g/mol. The van der Waals surface area contributed by atoms with Crippen molar-refractivity contribution in [2.75, 3.05) is 39.3 Å². The summed E-state index contributed by atoms with van der Waals surface area (Å²) in [6.07, 6.45) is 3.62. The van der Waals surface area contributed by atoms with Crippen molar-refractivity contribution in [3.63, 3.8) is 0 Å². The van der Waals surface area contributed by atoms with Crippen LogP contribution in [-0.4, -0.2) is 81.5 Å². The van der Waals surface area contributed by atoms with E-state index < -0.39 is 0 Å². The van der Waals surface area contributed by atoms with E-state index in [9.17, 15) is 14.4 Å². The number of likely N-dealkylation sites (tertiary alicyclic amines) is 1. The lowest BCUT2D eigenvalue weighted by Gasteiger charge is -2.34. The highest BCUT2D eigenvalue weighted by atomic mass is 16.2. The molecule has 3 heterocycles. The minimum atomic E-state index is -0.205. The molecule has 8 heteroatoms. The summed E-state index contributed by atoms with van der Waals surface area (Å²) >= 11 is 0. The average Bonchev–Trinajstić information content (AvgIpc) is 3.19. The van der Waals surface area contributed by atoms with Gasteiger partial charge in [-0.05, 0) is 18.9 Å². The summed E-state index contributed by atoms with van der Waals surface area (Å²) in [5, 5.41) is 3.97. The van der Waals surface area contributed by atoms with Gasteiger partial charge in [0.15, 0.2) is 0 Å². The summed E-state index contributed by atoms with van der Waals surface area (Å²) in [5.41, 5.74) is 0.458. The topological polar surface area (TPSA) is 78.8 Å². The van der Waals surface area contributed by atoms with Crippen LogP contribution < -0.4 is 0 Å². The maximum atomic E-state index is 12.4. The van der Waals surface area contributed by atoms with Crippen LogP contribution >= 0.6 is 0 Å². The Labute approximate surface area is 134 Å². The van der Waals surface area contributed by atoms with E-state index in [4.69, 9.17) is 0 Å². The zero-order valence-electron chi connectivity index (χ0n) is 13.3. The first kappa shape index (κ1) is 15.5. The van der Waals surface area contributed by atoms with Gasteiger partial charge in [0.25, 0.3) is 5.91 Å². The molecule has 0 aliphatic carbocycles. The van der Waals surface area contributed by atoms with Crippen molar-refractivity contribution in [2.24, 2.45) is 7.05 Å². The molecule has 2 fully saturated rings. The van der Waals surface area contributed by atoms with E-state index >= 15 is 0 Å². The van der Waals surface area contributed by atoms with Crippen molar-refractivity contribution < 1.29 is 14.4 Å². The molecule has 2 saturated heterocycles. The van der Waals surface area contributed by atoms with Gasteiger partial charge in [0.2, 0.25) is 11.8 Å². The molecular weight excluding hydrogens is 298 g/mol. The van der Waals surface area contributed by atoms with Gasteiger partial charge < -0.3 is 14.7 Å². The molecule has 2 aliphatic rings. The van der Waals surface area contributed by atoms with Crippen LogP contribution in [0, 0.1) is 0 Å². The van der Waals surface area contributed by atoms with Crippen molar-refractivity contribution in [3.8, 4) is 0 Å². The normalized spacial score (nSPS) is 18.7. The number of rotatable bonds is 3. The lowest BCUT2D eigenvalue weighted by molar-refractivity contribution is -0.142. The Balaban J connectivity index is 1.57. The van der Waals surface area contributed by atoms with Crippen molar-refractivity contribution in [3.05, 3.63) is 18.0 Å². The maximum Gasteiger partial charge on any atom is 0.272 e. The number of nitrogens with zero attached hydrogens (tertiary/aromatic N) is 5. The fourth-order valence-electron chi connectivity index (χ4n) is 3.02. The van der Waals surface area contributed by atoms with E-state index in [1.54, 1.807) is 29.1 Å². The van der Waals surface area contributed by atoms with Gasteiger partial charge in [0.05, 0.1) is 6.54 Å². The number of carbonyl (C=O) groups excluding carboxylic acids is 3. The van der Waals surface area contributed by atoms with Crippen LogP contribution in [0.1, 0.15) is 23.3 Å². The van der Waals surface area contributed by atoms with Crippen LogP contribution in [-0.2, 0) is 16.6 Å². The molecular formula is C15H21N5O3. The number of carbonyl (C=O) groups is 3. The molecule has 0 atom stereocenters. The molecule has 0 N–H and O–H groups in total. The second kappa shape index (κ2) is 6.39. The van der Waals surface area contributed by atoms with Gasteiger partial charge in [-0.1, -0.05) is 0 Å². The van der Waals surface area contributed by atoms with E-state index in [-0.39, 0.29) is 30.8 Å². The van der Waals surface area contributed by atoms with Gasteiger partial charge in [-0.2, -0.15) is 5.10 Å². The first-order chi connectivity index (χ1) is 11.1. The number of piperazine rings is 1. The summed E-state index contributed by atoms with van der Waals surface area (Å²) in [4.78, 5) is 41.6. The average molecular weight is 319 g/mol. The number of amides is 3. The molecule has 1 aromatic rings. The van der Waals surface area contributed by atoms with Crippen molar-refractivity contribution in [1.29, 1.82) is 0 Å². The van der Waals surface area contributed by atoms with Crippen LogP contribution in [0.5, 0.6) is 0 Å². The molecule has 0 aromatic carbocycles. The quantitative estimate of drug-likeness (QED) is 0.740. The van der Waals surface area contributed by atoms with Gasteiger partial charge in [-0.15, -0.1) is 0 Å². The minimum Gasteiger partial charge on any atom is -0.341 e. The first-order valence-corrected chi connectivity index (χ1v) is 7.89. The van der Waals surface area contributed by atoms with E-state index in [0.29, 0.717) is 18.8 Å². The Morgan fingerprint density at radius 3 is 2.48 bits per heavy atom.